The van der Waals surface area contributed by atoms with Gasteiger partial charge in [-0.15, -0.1) is 11.3 Å². The van der Waals surface area contributed by atoms with Gasteiger partial charge in [-0.1, -0.05) is 53.6 Å². The van der Waals surface area contributed by atoms with E-state index in [0.717, 1.165) is 34.9 Å². The van der Waals surface area contributed by atoms with Crippen LogP contribution in [-0.4, -0.2) is 10.7 Å². The Kier molecular flexibility index (Phi) is 3.90. The van der Waals surface area contributed by atoms with Gasteiger partial charge in [-0.25, -0.2) is 4.98 Å². The van der Waals surface area contributed by atoms with Crippen LogP contribution in [0, 0.1) is 13.8 Å². The molecule has 0 radical (unpaired) electrons. The molecule has 0 atom stereocenters. The first-order valence-electron chi connectivity index (χ1n) is 8.14. The van der Waals surface area contributed by atoms with Crippen LogP contribution in [0.2, 0.25) is 0 Å². The average Bonchev–Trinajstić information content (AvgIpc) is 3.20. The van der Waals surface area contributed by atoms with Gasteiger partial charge in [0.05, 0.1) is 11.4 Å². The number of aryl methyl sites for hydroxylation is 3. The molecule has 0 saturated carbocycles. The van der Waals surface area contributed by atoms with E-state index in [-0.39, 0.29) is 0 Å². The van der Waals surface area contributed by atoms with Crippen LogP contribution in [0.1, 0.15) is 28.7 Å². The number of hydrazone groups is 1. The van der Waals surface area contributed by atoms with E-state index in [0.29, 0.717) is 0 Å². The molecular weight excluding hydrogens is 314 g/mol. The lowest BCUT2D eigenvalue weighted by molar-refractivity contribution is 1.08. The largest absolute Gasteiger partial charge is 0.252 e. The fourth-order valence-electron chi connectivity index (χ4n) is 3.01. The van der Waals surface area contributed by atoms with Crippen LogP contribution in [0.15, 0.2) is 52.9 Å². The van der Waals surface area contributed by atoms with E-state index in [1.54, 1.807) is 11.3 Å². The lowest BCUT2D eigenvalue weighted by Crippen LogP contribution is -1.99. The molecule has 0 unspecified atom stereocenters. The molecule has 4 rings (SSSR count). The van der Waals surface area contributed by atoms with E-state index < -0.39 is 0 Å². The quantitative estimate of drug-likeness (QED) is 0.670. The van der Waals surface area contributed by atoms with Gasteiger partial charge in [-0.05, 0) is 32.3 Å². The first-order valence-corrected chi connectivity index (χ1v) is 9.02. The molecule has 0 amide bonds. The third-order valence-electron chi connectivity index (χ3n) is 4.34. The van der Waals surface area contributed by atoms with E-state index in [4.69, 9.17) is 0 Å². The fourth-order valence-corrected chi connectivity index (χ4v) is 3.67. The van der Waals surface area contributed by atoms with Gasteiger partial charge >= 0.3 is 0 Å². The molecule has 1 heterocycles. The number of anilines is 1. The zero-order chi connectivity index (χ0) is 16.5. The molecule has 120 valence electrons. The molecule has 1 N–H and O–H groups in total. The van der Waals surface area contributed by atoms with Gasteiger partial charge in [-0.2, -0.15) is 5.10 Å². The molecule has 1 aliphatic carbocycles. The van der Waals surface area contributed by atoms with E-state index in [1.165, 1.54) is 22.3 Å². The Bertz CT molecular complexity index is 907. The summed E-state index contributed by atoms with van der Waals surface area (Å²) in [7, 11) is 0. The van der Waals surface area contributed by atoms with E-state index >= 15 is 0 Å². The number of nitrogens with zero attached hydrogens (tertiary/aromatic N) is 2. The van der Waals surface area contributed by atoms with Crippen molar-refractivity contribution in [1.82, 2.24) is 4.98 Å². The summed E-state index contributed by atoms with van der Waals surface area (Å²) in [4.78, 5) is 4.64. The molecule has 1 aromatic heterocycles. The van der Waals surface area contributed by atoms with Crippen molar-refractivity contribution in [3.05, 3.63) is 70.1 Å². The summed E-state index contributed by atoms with van der Waals surface area (Å²) < 4.78 is 0. The summed E-state index contributed by atoms with van der Waals surface area (Å²) in [6.45, 7) is 4.23. The summed E-state index contributed by atoms with van der Waals surface area (Å²) in [6.07, 6.45) is 2.06. The van der Waals surface area contributed by atoms with Crippen LogP contribution in [0.5, 0.6) is 0 Å². The predicted octanol–water partition coefficient (Wildman–Crippen LogP) is 5.19. The Morgan fingerprint density at radius 1 is 1.00 bits per heavy atom. The second-order valence-electron chi connectivity index (χ2n) is 6.23. The Labute approximate surface area is 146 Å². The summed E-state index contributed by atoms with van der Waals surface area (Å²) in [5.74, 6) is 0. The van der Waals surface area contributed by atoms with Crippen molar-refractivity contribution in [2.24, 2.45) is 5.10 Å². The highest BCUT2D eigenvalue weighted by Crippen LogP contribution is 2.27. The Hall–Kier alpha value is -2.46. The minimum atomic E-state index is 0.832. The van der Waals surface area contributed by atoms with Crippen molar-refractivity contribution in [1.29, 1.82) is 0 Å². The van der Waals surface area contributed by atoms with Gasteiger partial charge in [0.25, 0.3) is 0 Å². The number of hydrogen-bond acceptors (Lipinski definition) is 4. The molecule has 3 aromatic rings. The van der Waals surface area contributed by atoms with Gasteiger partial charge in [0, 0.05) is 16.5 Å². The zero-order valence-electron chi connectivity index (χ0n) is 13.8. The van der Waals surface area contributed by atoms with E-state index in [9.17, 15) is 0 Å². The smallest absolute Gasteiger partial charge is 0.203 e. The van der Waals surface area contributed by atoms with Gasteiger partial charge < -0.3 is 0 Å². The van der Waals surface area contributed by atoms with Gasteiger partial charge in [0.15, 0.2) is 0 Å². The fraction of sp³-hybridized carbons (Fsp3) is 0.200. The maximum atomic E-state index is 4.64. The van der Waals surface area contributed by atoms with Crippen molar-refractivity contribution >= 4 is 22.2 Å². The van der Waals surface area contributed by atoms with Gasteiger partial charge in [-0.3, -0.25) is 5.43 Å². The molecular formula is C20H19N3S. The second-order valence-corrected chi connectivity index (χ2v) is 7.09. The monoisotopic (exact) mass is 333 g/mol. The predicted molar refractivity (Wildman–Crippen MR) is 102 cm³/mol. The lowest BCUT2D eigenvalue weighted by atomic mass is 10.1. The van der Waals surface area contributed by atoms with Crippen molar-refractivity contribution in [2.45, 2.75) is 26.7 Å². The first-order chi connectivity index (χ1) is 11.7. The summed E-state index contributed by atoms with van der Waals surface area (Å²) >= 11 is 1.59. The Morgan fingerprint density at radius 2 is 1.79 bits per heavy atom. The minimum absolute atomic E-state index is 0.832. The number of nitrogens with one attached hydrogen (secondary N) is 1. The topological polar surface area (TPSA) is 37.3 Å². The van der Waals surface area contributed by atoms with E-state index in [1.807, 2.05) is 0 Å². The number of rotatable bonds is 3. The van der Waals surface area contributed by atoms with Crippen LogP contribution in [0.3, 0.4) is 0 Å². The van der Waals surface area contributed by atoms with Crippen molar-refractivity contribution in [2.75, 3.05) is 5.43 Å². The van der Waals surface area contributed by atoms with Crippen molar-refractivity contribution in [3.63, 3.8) is 0 Å². The van der Waals surface area contributed by atoms with Crippen LogP contribution in [0.4, 0.5) is 5.13 Å². The first kappa shape index (κ1) is 15.1. The SMILES string of the molecule is Cc1ccc(-c2csc(N/N=C3\CCc4cc(C)ccc43)n2)cc1. The Balaban J connectivity index is 1.52. The molecule has 1 aliphatic rings. The highest BCUT2D eigenvalue weighted by atomic mass is 32.1. The molecule has 2 aromatic carbocycles. The van der Waals surface area contributed by atoms with Gasteiger partial charge in [0.1, 0.15) is 0 Å². The minimum Gasteiger partial charge on any atom is -0.252 e. The lowest BCUT2D eigenvalue weighted by Gasteiger charge is -2.02. The molecule has 4 heteroatoms. The molecule has 0 saturated heterocycles. The number of fused-ring (bicyclic) bond motifs is 1. The molecule has 0 bridgehead atoms. The second kappa shape index (κ2) is 6.21. The number of hydrogen-bond donors (Lipinski definition) is 1. The molecule has 0 fully saturated rings. The Morgan fingerprint density at radius 3 is 2.62 bits per heavy atom. The molecule has 24 heavy (non-hydrogen) atoms. The van der Waals surface area contributed by atoms with Gasteiger partial charge in [0.2, 0.25) is 5.13 Å². The number of benzene rings is 2. The molecule has 3 nitrogen and oxygen atoms in total. The normalized spacial score (nSPS) is 14.8. The maximum absolute atomic E-state index is 4.64. The maximum Gasteiger partial charge on any atom is 0.203 e. The van der Waals surface area contributed by atoms with E-state index in [2.05, 4.69) is 77.2 Å². The number of thiazole rings is 1. The summed E-state index contributed by atoms with van der Waals surface area (Å²) in [6, 6.07) is 15.0. The van der Waals surface area contributed by atoms with Crippen LogP contribution >= 0.6 is 11.3 Å². The van der Waals surface area contributed by atoms with Crippen molar-refractivity contribution in [3.8, 4) is 11.3 Å². The van der Waals surface area contributed by atoms with Crippen LogP contribution in [-0.2, 0) is 6.42 Å². The van der Waals surface area contributed by atoms with Crippen LogP contribution < -0.4 is 5.43 Å². The van der Waals surface area contributed by atoms with Crippen LogP contribution in [0.25, 0.3) is 11.3 Å². The highest BCUT2D eigenvalue weighted by Gasteiger charge is 2.17. The van der Waals surface area contributed by atoms with Crippen molar-refractivity contribution < 1.29 is 0 Å². The zero-order valence-corrected chi connectivity index (χ0v) is 14.7. The third-order valence-corrected chi connectivity index (χ3v) is 5.09. The molecule has 0 spiro atoms. The third kappa shape index (κ3) is 2.97. The standard InChI is InChI=1S/C20H19N3S/c1-13-3-6-15(7-4-13)19-12-24-20(21-19)23-22-18-10-8-16-11-14(2)5-9-17(16)18/h3-7,9,11-12H,8,10H2,1-2H3,(H,21,23)/b22-18+. The highest BCUT2D eigenvalue weighted by molar-refractivity contribution is 7.14. The summed E-state index contributed by atoms with van der Waals surface area (Å²) in [5.41, 5.74) is 11.6. The number of aromatic nitrogens is 1. The summed E-state index contributed by atoms with van der Waals surface area (Å²) in [5, 5.41) is 7.50. The molecule has 0 aliphatic heterocycles. The average molecular weight is 333 g/mol.